The standard InChI is InChI=1S/C28H31Cl2N5O3.ClH/c1-31-13-14-32-27(36)18-34(19-28(37)33(2)35-16-20-5-3-4-6-21(20)17-35)25-15-23(30)9-12-26(25)38-24-10-7-22(29)8-11-24;/h3-12,15,31H,13-14,16-19H2,1-2H3,(H,32,36);1H. The fraction of sp³-hybridized carbons (Fsp3) is 0.286. The van der Waals surface area contributed by atoms with Crippen LogP contribution < -0.4 is 20.3 Å². The number of hydrogen-bond acceptors (Lipinski definition) is 6. The zero-order valence-corrected chi connectivity index (χ0v) is 24.2. The summed E-state index contributed by atoms with van der Waals surface area (Å²) < 4.78 is 6.13. The Morgan fingerprint density at radius 1 is 0.923 bits per heavy atom. The molecule has 1 heterocycles. The van der Waals surface area contributed by atoms with Crippen molar-refractivity contribution in [3.8, 4) is 11.5 Å². The number of hydrogen-bond donors (Lipinski definition) is 2. The first-order valence-electron chi connectivity index (χ1n) is 12.3. The lowest BCUT2D eigenvalue weighted by atomic mass is 10.1. The molecule has 208 valence electrons. The maximum absolute atomic E-state index is 13.5. The molecule has 0 fully saturated rings. The van der Waals surface area contributed by atoms with E-state index in [1.807, 2.05) is 24.2 Å². The highest BCUT2D eigenvalue weighted by Gasteiger charge is 2.27. The second-order valence-corrected chi connectivity index (χ2v) is 9.86. The van der Waals surface area contributed by atoms with Gasteiger partial charge in [-0.05, 0) is 60.6 Å². The molecule has 4 rings (SSSR count). The average Bonchev–Trinajstić information content (AvgIpc) is 3.34. The van der Waals surface area contributed by atoms with Gasteiger partial charge in [-0.25, -0.2) is 5.01 Å². The highest BCUT2D eigenvalue weighted by atomic mass is 35.5. The minimum atomic E-state index is -0.221. The lowest BCUT2D eigenvalue weighted by molar-refractivity contribution is -0.145. The number of benzene rings is 3. The number of halogens is 3. The molecule has 0 saturated carbocycles. The Balaban J connectivity index is 0.00000420. The molecule has 1 aliphatic rings. The van der Waals surface area contributed by atoms with Gasteiger partial charge in [-0.2, -0.15) is 0 Å². The van der Waals surface area contributed by atoms with Crippen molar-refractivity contribution in [1.29, 1.82) is 0 Å². The van der Waals surface area contributed by atoms with Gasteiger partial charge < -0.3 is 20.3 Å². The summed E-state index contributed by atoms with van der Waals surface area (Å²) in [6.07, 6.45) is 0. The number of carbonyl (C=O) groups excluding carboxylic acids is 2. The van der Waals surface area contributed by atoms with Crippen LogP contribution in [-0.2, 0) is 22.7 Å². The molecule has 0 spiro atoms. The van der Waals surface area contributed by atoms with Crippen LogP contribution in [0.1, 0.15) is 11.1 Å². The van der Waals surface area contributed by atoms with Crippen LogP contribution in [-0.4, -0.2) is 62.1 Å². The molecule has 1 aliphatic heterocycles. The number of rotatable bonds is 11. The summed E-state index contributed by atoms with van der Waals surface area (Å²) in [7, 11) is 3.57. The van der Waals surface area contributed by atoms with E-state index in [-0.39, 0.29) is 37.3 Å². The molecule has 11 heteroatoms. The number of anilines is 1. The highest BCUT2D eigenvalue weighted by molar-refractivity contribution is 6.31. The van der Waals surface area contributed by atoms with Gasteiger partial charge in [-0.15, -0.1) is 12.4 Å². The summed E-state index contributed by atoms with van der Waals surface area (Å²) in [5.41, 5.74) is 2.92. The van der Waals surface area contributed by atoms with Gasteiger partial charge in [0.2, 0.25) is 5.91 Å². The van der Waals surface area contributed by atoms with E-state index in [1.54, 1.807) is 59.4 Å². The quantitative estimate of drug-likeness (QED) is 0.313. The van der Waals surface area contributed by atoms with Crippen LogP contribution in [0, 0.1) is 0 Å². The summed E-state index contributed by atoms with van der Waals surface area (Å²) in [5.74, 6) is 0.637. The third kappa shape index (κ3) is 8.24. The van der Waals surface area contributed by atoms with E-state index in [4.69, 9.17) is 27.9 Å². The Morgan fingerprint density at radius 2 is 1.56 bits per heavy atom. The van der Waals surface area contributed by atoms with Crippen LogP contribution in [0.4, 0.5) is 5.69 Å². The fourth-order valence-corrected chi connectivity index (χ4v) is 4.48. The third-order valence-corrected chi connectivity index (χ3v) is 6.76. The molecular weight excluding hydrogens is 561 g/mol. The molecule has 2 amide bonds. The number of likely N-dealkylation sites (N-methyl/N-ethyl adjacent to an activating group) is 2. The van der Waals surface area contributed by atoms with Gasteiger partial charge in [0.15, 0.2) is 5.75 Å². The number of fused-ring (bicyclic) bond motifs is 1. The van der Waals surface area contributed by atoms with Gasteiger partial charge in [0, 0.05) is 43.3 Å². The van der Waals surface area contributed by atoms with Crippen molar-refractivity contribution in [3.05, 3.63) is 87.9 Å². The van der Waals surface area contributed by atoms with Gasteiger partial charge in [-0.1, -0.05) is 47.5 Å². The Morgan fingerprint density at radius 3 is 2.21 bits per heavy atom. The first kappa shape index (κ1) is 30.5. The largest absolute Gasteiger partial charge is 0.455 e. The van der Waals surface area contributed by atoms with Gasteiger partial charge in [0.1, 0.15) is 5.75 Å². The molecule has 0 atom stereocenters. The predicted molar refractivity (Wildman–Crippen MR) is 158 cm³/mol. The molecule has 3 aromatic carbocycles. The fourth-order valence-electron chi connectivity index (χ4n) is 4.19. The number of nitrogens with zero attached hydrogens (tertiary/aromatic N) is 3. The Bertz CT molecular complexity index is 1250. The molecule has 0 unspecified atom stereocenters. The summed E-state index contributed by atoms with van der Waals surface area (Å²) in [5, 5.41) is 10.5. The maximum Gasteiger partial charge on any atom is 0.256 e. The number of amides is 2. The van der Waals surface area contributed by atoms with Crippen molar-refractivity contribution < 1.29 is 14.3 Å². The first-order valence-corrected chi connectivity index (χ1v) is 13.1. The highest BCUT2D eigenvalue weighted by Crippen LogP contribution is 2.35. The van der Waals surface area contributed by atoms with Gasteiger partial charge in [0.25, 0.3) is 5.91 Å². The minimum absolute atomic E-state index is 0. The molecule has 0 bridgehead atoms. The first-order chi connectivity index (χ1) is 18.3. The van der Waals surface area contributed by atoms with E-state index in [1.165, 1.54) is 11.1 Å². The average molecular weight is 593 g/mol. The molecule has 3 aromatic rings. The van der Waals surface area contributed by atoms with E-state index < -0.39 is 0 Å². The summed E-state index contributed by atoms with van der Waals surface area (Å²) in [4.78, 5) is 28.0. The Kier molecular flexibility index (Phi) is 11.3. The van der Waals surface area contributed by atoms with E-state index in [2.05, 4.69) is 22.8 Å². The number of nitrogens with one attached hydrogen (secondary N) is 2. The van der Waals surface area contributed by atoms with Gasteiger partial charge in [-0.3, -0.25) is 14.6 Å². The molecule has 8 nitrogen and oxygen atoms in total. The molecular formula is C28H32Cl3N5O3. The van der Waals surface area contributed by atoms with Crippen molar-refractivity contribution >= 4 is 53.1 Å². The maximum atomic E-state index is 13.5. The molecule has 0 saturated heterocycles. The molecule has 0 aliphatic carbocycles. The van der Waals surface area contributed by atoms with Crippen LogP contribution in [0.2, 0.25) is 10.0 Å². The van der Waals surface area contributed by atoms with Crippen molar-refractivity contribution in [1.82, 2.24) is 20.7 Å². The van der Waals surface area contributed by atoms with Crippen LogP contribution in [0.5, 0.6) is 11.5 Å². The van der Waals surface area contributed by atoms with E-state index in [9.17, 15) is 9.59 Å². The third-order valence-electron chi connectivity index (χ3n) is 6.27. The SMILES string of the molecule is CNCCNC(=O)CN(CC(=O)N(C)N1Cc2ccccc2C1)c1cc(Cl)ccc1Oc1ccc(Cl)cc1.Cl. The van der Waals surface area contributed by atoms with Crippen LogP contribution in [0.3, 0.4) is 0 Å². The second-order valence-electron chi connectivity index (χ2n) is 8.99. The van der Waals surface area contributed by atoms with Gasteiger partial charge in [0.05, 0.1) is 18.8 Å². The van der Waals surface area contributed by atoms with Crippen LogP contribution in [0.25, 0.3) is 0 Å². The summed E-state index contributed by atoms with van der Waals surface area (Å²) >= 11 is 12.4. The van der Waals surface area contributed by atoms with E-state index in [0.29, 0.717) is 53.4 Å². The molecule has 2 N–H and O–H groups in total. The Hall–Kier alpha value is -3.01. The normalized spacial score (nSPS) is 12.3. The number of carbonyl (C=O) groups is 2. The second kappa shape index (κ2) is 14.4. The Labute approximate surface area is 245 Å². The molecule has 0 aromatic heterocycles. The monoisotopic (exact) mass is 591 g/mol. The van der Waals surface area contributed by atoms with Crippen molar-refractivity contribution in [2.24, 2.45) is 0 Å². The minimum Gasteiger partial charge on any atom is -0.455 e. The van der Waals surface area contributed by atoms with Crippen molar-refractivity contribution in [3.63, 3.8) is 0 Å². The van der Waals surface area contributed by atoms with Gasteiger partial charge >= 0.3 is 0 Å². The zero-order valence-electron chi connectivity index (χ0n) is 21.8. The summed E-state index contributed by atoms with van der Waals surface area (Å²) in [6, 6.07) is 20.2. The number of ether oxygens (including phenoxy) is 1. The van der Waals surface area contributed by atoms with Crippen LogP contribution in [0.15, 0.2) is 66.7 Å². The van der Waals surface area contributed by atoms with E-state index >= 15 is 0 Å². The summed E-state index contributed by atoms with van der Waals surface area (Å²) in [6.45, 7) is 2.27. The topological polar surface area (TPSA) is 77.1 Å². The van der Waals surface area contributed by atoms with Crippen molar-refractivity contribution in [2.75, 3.05) is 45.2 Å². The molecule has 0 radical (unpaired) electrons. The lowest BCUT2D eigenvalue weighted by Gasteiger charge is -2.32. The lowest BCUT2D eigenvalue weighted by Crippen LogP contribution is -2.48. The number of hydrazine groups is 1. The van der Waals surface area contributed by atoms with Crippen LogP contribution >= 0.6 is 35.6 Å². The predicted octanol–water partition coefficient (Wildman–Crippen LogP) is 4.74. The smallest absolute Gasteiger partial charge is 0.256 e. The van der Waals surface area contributed by atoms with E-state index in [0.717, 1.165) is 0 Å². The zero-order chi connectivity index (χ0) is 27.1. The molecule has 39 heavy (non-hydrogen) atoms. The van der Waals surface area contributed by atoms with Crippen molar-refractivity contribution in [2.45, 2.75) is 13.1 Å².